The summed E-state index contributed by atoms with van der Waals surface area (Å²) in [6.45, 7) is 1.62. The molecule has 7 heteroatoms. The molecule has 0 saturated heterocycles. The summed E-state index contributed by atoms with van der Waals surface area (Å²) in [5.74, 6) is -1.32. The van der Waals surface area contributed by atoms with Gasteiger partial charge in [-0.2, -0.15) is 0 Å². The van der Waals surface area contributed by atoms with Crippen molar-refractivity contribution < 1.29 is 24.2 Å². The number of carboxylic acids is 1. The number of carboxylic acid groups (broad SMARTS) is 1. The van der Waals surface area contributed by atoms with E-state index in [-0.39, 0.29) is 30.9 Å². The smallest absolute Gasteiger partial charge is 0.407 e. The monoisotopic (exact) mass is 436 g/mol. The lowest BCUT2D eigenvalue weighted by molar-refractivity contribution is -0.141. The first-order chi connectivity index (χ1) is 15.4. The lowest BCUT2D eigenvalue weighted by Crippen LogP contribution is -2.48. The summed E-state index contributed by atoms with van der Waals surface area (Å²) >= 11 is 0. The molecule has 32 heavy (non-hydrogen) atoms. The highest BCUT2D eigenvalue weighted by Crippen LogP contribution is 2.44. The number of carbonyl (C=O) groups is 3. The van der Waals surface area contributed by atoms with Crippen LogP contribution in [0.4, 0.5) is 4.79 Å². The Hall–Kier alpha value is -3.35. The molecule has 3 N–H and O–H groups in total. The minimum absolute atomic E-state index is 0.0324. The highest BCUT2D eigenvalue weighted by molar-refractivity contribution is 5.84. The largest absolute Gasteiger partial charge is 0.480 e. The number of rotatable bonds is 8. The second-order valence-corrected chi connectivity index (χ2v) is 8.60. The summed E-state index contributed by atoms with van der Waals surface area (Å²) in [7, 11) is 0. The molecule has 2 atom stereocenters. The van der Waals surface area contributed by atoms with Gasteiger partial charge in [-0.05, 0) is 47.9 Å². The van der Waals surface area contributed by atoms with Crippen LogP contribution in [0.15, 0.2) is 48.5 Å². The van der Waals surface area contributed by atoms with Gasteiger partial charge in [-0.3, -0.25) is 9.59 Å². The molecule has 2 aliphatic rings. The van der Waals surface area contributed by atoms with Crippen LogP contribution in [0.5, 0.6) is 0 Å². The second-order valence-electron chi connectivity index (χ2n) is 8.60. The molecular formula is C25H28N2O5. The first-order valence-electron chi connectivity index (χ1n) is 11.1. The fourth-order valence-electron chi connectivity index (χ4n) is 4.53. The molecule has 2 aromatic carbocycles. The normalized spacial score (nSPS) is 16.8. The summed E-state index contributed by atoms with van der Waals surface area (Å²) < 4.78 is 5.61. The van der Waals surface area contributed by atoms with Gasteiger partial charge in [-0.25, -0.2) is 4.79 Å². The molecule has 0 aliphatic heterocycles. The molecule has 7 nitrogen and oxygen atoms in total. The SMILES string of the molecule is CC(NC(=O)CC(NC(=O)OCC1c2ccccc2-c2ccccc21)C1CCC1)C(=O)O. The van der Waals surface area contributed by atoms with Gasteiger partial charge >= 0.3 is 12.1 Å². The maximum Gasteiger partial charge on any atom is 0.407 e. The molecule has 4 rings (SSSR count). The van der Waals surface area contributed by atoms with Crippen molar-refractivity contribution in [3.63, 3.8) is 0 Å². The summed E-state index contributed by atoms with van der Waals surface area (Å²) in [5.41, 5.74) is 4.60. The van der Waals surface area contributed by atoms with Crippen LogP contribution in [0, 0.1) is 5.92 Å². The van der Waals surface area contributed by atoms with Gasteiger partial charge < -0.3 is 20.5 Å². The van der Waals surface area contributed by atoms with E-state index in [0.29, 0.717) is 0 Å². The molecule has 0 radical (unpaired) electrons. The first kappa shape index (κ1) is 21.9. The van der Waals surface area contributed by atoms with Gasteiger partial charge in [0.25, 0.3) is 0 Å². The van der Waals surface area contributed by atoms with Crippen molar-refractivity contribution in [2.75, 3.05) is 6.61 Å². The maximum absolute atomic E-state index is 12.6. The lowest BCUT2D eigenvalue weighted by atomic mass is 9.78. The van der Waals surface area contributed by atoms with Gasteiger partial charge in [0, 0.05) is 18.4 Å². The third-order valence-corrected chi connectivity index (χ3v) is 6.52. The third kappa shape index (κ3) is 4.61. The number of carbonyl (C=O) groups excluding carboxylic acids is 2. The van der Waals surface area contributed by atoms with E-state index < -0.39 is 24.0 Å². The molecule has 1 saturated carbocycles. The Kier molecular flexibility index (Phi) is 6.44. The molecule has 0 bridgehead atoms. The van der Waals surface area contributed by atoms with Crippen LogP contribution in [-0.4, -0.2) is 41.8 Å². The van der Waals surface area contributed by atoms with Crippen LogP contribution < -0.4 is 10.6 Å². The zero-order chi connectivity index (χ0) is 22.7. The molecule has 2 amide bonds. The number of hydrogen-bond acceptors (Lipinski definition) is 4. The van der Waals surface area contributed by atoms with Crippen molar-refractivity contribution in [2.24, 2.45) is 5.92 Å². The van der Waals surface area contributed by atoms with E-state index in [0.717, 1.165) is 41.5 Å². The minimum atomic E-state index is -1.09. The summed E-state index contributed by atoms with van der Waals surface area (Å²) in [6, 6.07) is 14.9. The van der Waals surface area contributed by atoms with Crippen LogP contribution in [-0.2, 0) is 14.3 Å². The van der Waals surface area contributed by atoms with Crippen molar-refractivity contribution in [3.8, 4) is 11.1 Å². The number of alkyl carbamates (subject to hydrolysis) is 1. The Morgan fingerprint density at radius 3 is 2.12 bits per heavy atom. The highest BCUT2D eigenvalue weighted by Gasteiger charge is 2.33. The predicted octanol–water partition coefficient (Wildman–Crippen LogP) is 3.67. The van der Waals surface area contributed by atoms with Gasteiger partial charge in [0.2, 0.25) is 5.91 Å². The second kappa shape index (κ2) is 9.42. The van der Waals surface area contributed by atoms with E-state index in [2.05, 4.69) is 34.9 Å². The number of fused-ring (bicyclic) bond motifs is 3. The van der Waals surface area contributed by atoms with E-state index in [1.54, 1.807) is 0 Å². The Morgan fingerprint density at radius 1 is 1.00 bits per heavy atom. The van der Waals surface area contributed by atoms with Gasteiger partial charge in [0.15, 0.2) is 0 Å². The predicted molar refractivity (Wildman–Crippen MR) is 119 cm³/mol. The van der Waals surface area contributed by atoms with Crippen LogP contribution in [0.3, 0.4) is 0 Å². The van der Waals surface area contributed by atoms with E-state index >= 15 is 0 Å². The van der Waals surface area contributed by atoms with Crippen molar-refractivity contribution >= 4 is 18.0 Å². The number of ether oxygens (including phenoxy) is 1. The summed E-state index contributed by atoms with van der Waals surface area (Å²) in [4.78, 5) is 35.9. The number of nitrogens with one attached hydrogen (secondary N) is 2. The molecule has 2 unspecified atom stereocenters. The van der Waals surface area contributed by atoms with Gasteiger partial charge in [-0.15, -0.1) is 0 Å². The van der Waals surface area contributed by atoms with Gasteiger partial charge in [-0.1, -0.05) is 55.0 Å². The average molecular weight is 437 g/mol. The van der Waals surface area contributed by atoms with Crippen molar-refractivity contribution in [3.05, 3.63) is 59.7 Å². The number of aliphatic carboxylic acids is 1. The molecule has 0 aromatic heterocycles. The molecule has 0 heterocycles. The average Bonchev–Trinajstić information content (AvgIpc) is 3.04. The first-order valence-corrected chi connectivity index (χ1v) is 11.1. The molecule has 1 fully saturated rings. The topological polar surface area (TPSA) is 105 Å². The number of benzene rings is 2. The maximum atomic E-state index is 12.6. The van der Waals surface area contributed by atoms with Crippen molar-refractivity contribution in [1.29, 1.82) is 0 Å². The van der Waals surface area contributed by atoms with Crippen LogP contribution >= 0.6 is 0 Å². The fraction of sp³-hybridized carbons (Fsp3) is 0.400. The zero-order valence-corrected chi connectivity index (χ0v) is 18.0. The summed E-state index contributed by atoms with van der Waals surface area (Å²) in [6.07, 6.45) is 2.39. The van der Waals surface area contributed by atoms with Crippen LogP contribution in [0.2, 0.25) is 0 Å². The Bertz CT molecular complexity index is 971. The molecule has 0 spiro atoms. The molecular weight excluding hydrogens is 408 g/mol. The van der Waals surface area contributed by atoms with E-state index in [4.69, 9.17) is 9.84 Å². The Morgan fingerprint density at radius 2 is 1.59 bits per heavy atom. The Balaban J connectivity index is 1.38. The van der Waals surface area contributed by atoms with Crippen molar-refractivity contribution in [1.82, 2.24) is 10.6 Å². The highest BCUT2D eigenvalue weighted by atomic mass is 16.5. The van der Waals surface area contributed by atoms with Crippen molar-refractivity contribution in [2.45, 2.75) is 50.6 Å². The van der Waals surface area contributed by atoms with Gasteiger partial charge in [0.05, 0.1) is 0 Å². The number of amides is 2. The Labute approximate surface area is 187 Å². The summed E-state index contributed by atoms with van der Waals surface area (Å²) in [5, 5.41) is 14.3. The standard InChI is InChI=1S/C25H28N2O5/c1-15(24(29)30)26-23(28)13-22(16-7-6-8-16)27-25(31)32-14-21-19-11-4-2-9-17(19)18-10-3-5-12-20(18)21/h2-5,9-12,15-16,21-22H,6-8,13-14H2,1H3,(H,26,28)(H,27,31)(H,29,30). The third-order valence-electron chi connectivity index (χ3n) is 6.52. The zero-order valence-electron chi connectivity index (χ0n) is 18.0. The lowest BCUT2D eigenvalue weighted by Gasteiger charge is -2.34. The minimum Gasteiger partial charge on any atom is -0.480 e. The molecule has 168 valence electrons. The van der Waals surface area contributed by atoms with Crippen LogP contribution in [0.1, 0.15) is 49.7 Å². The molecule has 2 aliphatic carbocycles. The van der Waals surface area contributed by atoms with Crippen LogP contribution in [0.25, 0.3) is 11.1 Å². The number of hydrogen-bond donors (Lipinski definition) is 3. The molecule has 2 aromatic rings. The van der Waals surface area contributed by atoms with Gasteiger partial charge in [0.1, 0.15) is 12.6 Å². The van der Waals surface area contributed by atoms with E-state index in [1.165, 1.54) is 6.92 Å². The quantitative estimate of drug-likeness (QED) is 0.586. The van der Waals surface area contributed by atoms with E-state index in [9.17, 15) is 14.4 Å². The van der Waals surface area contributed by atoms with E-state index in [1.807, 2.05) is 24.3 Å². The fourth-order valence-corrected chi connectivity index (χ4v) is 4.53.